The van der Waals surface area contributed by atoms with E-state index in [1.54, 1.807) is 30.1 Å². The number of hydrogen-bond donors (Lipinski definition) is 2. The number of aromatic amines is 1. The summed E-state index contributed by atoms with van der Waals surface area (Å²) in [7, 11) is -1.66. The fourth-order valence-electron chi connectivity index (χ4n) is 5.32. The molecule has 0 radical (unpaired) electrons. The number of nitrogens with zero attached hydrogens (tertiary/aromatic N) is 3. The molecule has 2 aromatic carbocycles. The van der Waals surface area contributed by atoms with E-state index in [-0.39, 0.29) is 22.5 Å². The van der Waals surface area contributed by atoms with Crippen molar-refractivity contribution >= 4 is 26.7 Å². The summed E-state index contributed by atoms with van der Waals surface area (Å²) < 4.78 is 31.5. The van der Waals surface area contributed by atoms with Crippen LogP contribution in [-0.4, -0.2) is 59.1 Å². The van der Waals surface area contributed by atoms with Crippen LogP contribution in [-0.2, 0) is 16.4 Å². The molecule has 4 aromatic rings. The predicted molar refractivity (Wildman–Crippen MR) is 140 cm³/mol. The SMILES string of the molecule is COc1cc(C)c2[nH]ccc2c1CN1CCC(n2cc(S(C)(=O)=O)cn2)CC1c1ccc(C(=O)O)cc1. The number of nitrogens with one attached hydrogen (secondary N) is 1. The average Bonchev–Trinajstić information content (AvgIpc) is 3.56. The van der Waals surface area contributed by atoms with Crippen LogP contribution in [0.1, 0.15) is 52.0 Å². The Bertz CT molecular complexity index is 1560. The predicted octanol–water partition coefficient (Wildman–Crippen LogP) is 4.36. The molecule has 2 aromatic heterocycles. The molecule has 0 bridgehead atoms. The molecule has 5 rings (SSSR count). The molecule has 1 aliphatic rings. The van der Waals surface area contributed by atoms with Crippen LogP contribution in [0, 0.1) is 6.92 Å². The molecular weight excluding hydrogens is 492 g/mol. The van der Waals surface area contributed by atoms with Crippen molar-refractivity contribution < 1.29 is 23.1 Å². The highest BCUT2D eigenvalue weighted by molar-refractivity contribution is 7.90. The first kappa shape index (κ1) is 25.0. The van der Waals surface area contributed by atoms with E-state index in [4.69, 9.17) is 4.74 Å². The van der Waals surface area contributed by atoms with E-state index in [0.29, 0.717) is 13.0 Å². The lowest BCUT2D eigenvalue weighted by atomic mass is 9.90. The van der Waals surface area contributed by atoms with Crippen LogP contribution in [0.15, 0.2) is 59.9 Å². The summed E-state index contributed by atoms with van der Waals surface area (Å²) >= 11 is 0. The van der Waals surface area contributed by atoms with Gasteiger partial charge in [0.2, 0.25) is 0 Å². The molecular formula is C27H30N4O5S. The van der Waals surface area contributed by atoms with Gasteiger partial charge in [0, 0.05) is 54.2 Å². The lowest BCUT2D eigenvalue weighted by Gasteiger charge is -2.40. The number of piperidine rings is 1. The Labute approximate surface area is 215 Å². The quantitative estimate of drug-likeness (QED) is 0.370. The minimum atomic E-state index is -3.34. The number of methoxy groups -OCH3 is 1. The molecule has 10 heteroatoms. The summed E-state index contributed by atoms with van der Waals surface area (Å²) in [6.07, 6.45) is 7.61. The van der Waals surface area contributed by atoms with Crippen molar-refractivity contribution in [1.82, 2.24) is 19.7 Å². The highest BCUT2D eigenvalue weighted by Gasteiger charge is 2.32. The van der Waals surface area contributed by atoms with Gasteiger partial charge in [-0.25, -0.2) is 13.2 Å². The number of hydrogen-bond acceptors (Lipinski definition) is 6. The number of sulfone groups is 1. The minimum absolute atomic E-state index is 0.00286. The van der Waals surface area contributed by atoms with Gasteiger partial charge in [-0.15, -0.1) is 0 Å². The van der Waals surface area contributed by atoms with Crippen molar-refractivity contribution in [1.29, 1.82) is 0 Å². The Morgan fingerprint density at radius 1 is 1.24 bits per heavy atom. The lowest BCUT2D eigenvalue weighted by Crippen LogP contribution is -2.37. The Kier molecular flexibility index (Phi) is 6.55. The zero-order chi connectivity index (χ0) is 26.3. The highest BCUT2D eigenvalue weighted by Crippen LogP contribution is 2.40. The van der Waals surface area contributed by atoms with Crippen molar-refractivity contribution in [3.8, 4) is 5.75 Å². The van der Waals surface area contributed by atoms with Crippen molar-refractivity contribution in [3.05, 3.63) is 77.2 Å². The van der Waals surface area contributed by atoms with Gasteiger partial charge >= 0.3 is 5.97 Å². The fraction of sp³-hybridized carbons (Fsp3) is 0.333. The summed E-state index contributed by atoms with van der Waals surface area (Å²) in [5.74, 6) is -0.134. The number of ether oxygens (including phenoxy) is 1. The molecule has 2 atom stereocenters. The van der Waals surface area contributed by atoms with Crippen LogP contribution in [0.3, 0.4) is 0 Å². The van der Waals surface area contributed by atoms with E-state index in [2.05, 4.69) is 28.0 Å². The largest absolute Gasteiger partial charge is 0.496 e. The molecule has 2 unspecified atom stereocenters. The van der Waals surface area contributed by atoms with Gasteiger partial charge in [0.1, 0.15) is 10.6 Å². The third-order valence-corrected chi connectivity index (χ3v) is 8.37. The first-order valence-electron chi connectivity index (χ1n) is 12.1. The molecule has 2 N–H and O–H groups in total. The first-order valence-corrected chi connectivity index (χ1v) is 14.0. The van der Waals surface area contributed by atoms with Gasteiger partial charge in [-0.2, -0.15) is 5.10 Å². The van der Waals surface area contributed by atoms with Gasteiger partial charge in [0.15, 0.2) is 9.84 Å². The summed E-state index contributed by atoms with van der Waals surface area (Å²) in [6, 6.07) is 11.1. The molecule has 1 fully saturated rings. The summed E-state index contributed by atoms with van der Waals surface area (Å²) in [5.41, 5.74) is 4.52. The third kappa shape index (κ3) is 4.86. The third-order valence-electron chi connectivity index (χ3n) is 7.30. The van der Waals surface area contributed by atoms with Crippen LogP contribution in [0.2, 0.25) is 0 Å². The standard InChI is InChI=1S/C27H30N4O5S/c1-17-12-25(36-2)23(22-8-10-28-26(17)22)16-30-11-9-20(31-15-21(14-29-31)37(3,34)35)13-24(30)18-4-6-19(7-5-18)27(32)33/h4-8,10,12,14-15,20,24,28H,9,11,13,16H2,1-3H3,(H,32,33). The number of likely N-dealkylation sites (tertiary alicyclic amines) is 1. The number of aromatic nitrogens is 3. The second-order valence-corrected chi connectivity index (χ2v) is 11.7. The van der Waals surface area contributed by atoms with E-state index in [9.17, 15) is 18.3 Å². The van der Waals surface area contributed by atoms with Crippen LogP contribution < -0.4 is 4.74 Å². The van der Waals surface area contributed by atoms with E-state index in [1.807, 2.05) is 24.4 Å². The second kappa shape index (κ2) is 9.68. The number of rotatable bonds is 7. The van der Waals surface area contributed by atoms with Crippen molar-refractivity contribution in [2.24, 2.45) is 0 Å². The summed E-state index contributed by atoms with van der Waals surface area (Å²) in [5, 5.41) is 14.8. The number of benzene rings is 2. The Morgan fingerprint density at radius 2 is 2.00 bits per heavy atom. The molecule has 3 heterocycles. The zero-order valence-corrected chi connectivity index (χ0v) is 21.8. The van der Waals surface area contributed by atoms with Crippen LogP contribution in [0.5, 0.6) is 5.75 Å². The van der Waals surface area contributed by atoms with Crippen molar-refractivity contribution in [2.45, 2.75) is 43.3 Å². The van der Waals surface area contributed by atoms with E-state index in [1.165, 1.54) is 12.5 Å². The van der Waals surface area contributed by atoms with Crippen LogP contribution >= 0.6 is 0 Å². The maximum atomic E-state index is 12.0. The zero-order valence-electron chi connectivity index (χ0n) is 21.0. The number of carbonyl (C=O) groups is 1. The normalized spacial score (nSPS) is 18.8. The Hall–Kier alpha value is -3.63. The van der Waals surface area contributed by atoms with Gasteiger partial charge < -0.3 is 14.8 Å². The monoisotopic (exact) mass is 522 g/mol. The minimum Gasteiger partial charge on any atom is -0.496 e. The Balaban J connectivity index is 1.51. The van der Waals surface area contributed by atoms with Gasteiger partial charge in [-0.3, -0.25) is 9.58 Å². The molecule has 0 amide bonds. The number of fused-ring (bicyclic) bond motifs is 1. The molecule has 1 aliphatic heterocycles. The highest BCUT2D eigenvalue weighted by atomic mass is 32.2. The molecule has 194 valence electrons. The van der Waals surface area contributed by atoms with Gasteiger partial charge in [-0.1, -0.05) is 12.1 Å². The Morgan fingerprint density at radius 3 is 2.65 bits per heavy atom. The summed E-state index contributed by atoms with van der Waals surface area (Å²) in [6.45, 7) is 3.44. The molecule has 0 saturated carbocycles. The maximum absolute atomic E-state index is 12.0. The fourth-order valence-corrected chi connectivity index (χ4v) is 5.85. The van der Waals surface area contributed by atoms with Gasteiger partial charge in [0.05, 0.1) is 24.9 Å². The van der Waals surface area contributed by atoms with Crippen LogP contribution in [0.4, 0.5) is 0 Å². The molecule has 0 aliphatic carbocycles. The second-order valence-electron chi connectivity index (χ2n) is 9.66. The molecule has 9 nitrogen and oxygen atoms in total. The number of aromatic carboxylic acids is 1. The number of aryl methyl sites for hydroxylation is 1. The van der Waals surface area contributed by atoms with E-state index in [0.717, 1.165) is 46.3 Å². The van der Waals surface area contributed by atoms with Crippen molar-refractivity contribution in [3.63, 3.8) is 0 Å². The molecule has 37 heavy (non-hydrogen) atoms. The molecule has 0 spiro atoms. The number of H-pyrrole nitrogens is 1. The summed E-state index contributed by atoms with van der Waals surface area (Å²) in [4.78, 5) is 17.3. The van der Waals surface area contributed by atoms with Gasteiger partial charge in [-0.05, 0) is 55.2 Å². The first-order chi connectivity index (χ1) is 17.7. The van der Waals surface area contributed by atoms with E-state index >= 15 is 0 Å². The lowest BCUT2D eigenvalue weighted by molar-refractivity contribution is 0.0696. The maximum Gasteiger partial charge on any atom is 0.335 e. The topological polar surface area (TPSA) is 118 Å². The molecule has 1 saturated heterocycles. The van der Waals surface area contributed by atoms with E-state index < -0.39 is 15.8 Å². The smallest absolute Gasteiger partial charge is 0.335 e. The number of carboxylic acid groups (broad SMARTS) is 1. The van der Waals surface area contributed by atoms with Crippen molar-refractivity contribution in [2.75, 3.05) is 19.9 Å². The number of carboxylic acids is 1. The average molecular weight is 523 g/mol. The van der Waals surface area contributed by atoms with Gasteiger partial charge in [0.25, 0.3) is 0 Å². The van der Waals surface area contributed by atoms with Crippen LogP contribution in [0.25, 0.3) is 10.9 Å².